The van der Waals surface area contributed by atoms with Crippen molar-refractivity contribution in [3.05, 3.63) is 56.5 Å². The highest BCUT2D eigenvalue weighted by atomic mass is 79.9. The average molecular weight is 416 g/mol. The zero-order chi connectivity index (χ0) is 15.4. The number of hydrogen-bond acceptors (Lipinski definition) is 4. The van der Waals surface area contributed by atoms with Crippen molar-refractivity contribution in [3.63, 3.8) is 0 Å². The summed E-state index contributed by atoms with van der Waals surface area (Å²) in [7, 11) is 3.24. The molecule has 2 aromatic carbocycles. The predicted octanol–water partition coefficient (Wildman–Crippen LogP) is 3.78. The molecular formula is C15H16Br2N2O2. The Kier molecular flexibility index (Phi) is 5.64. The number of nitrogens with two attached hydrogens (primary N) is 1. The Morgan fingerprint density at radius 3 is 2.19 bits per heavy atom. The van der Waals surface area contributed by atoms with E-state index in [1.807, 2.05) is 36.4 Å². The molecule has 0 spiro atoms. The largest absolute Gasteiger partial charge is 0.495 e. The van der Waals surface area contributed by atoms with Crippen LogP contribution in [0.3, 0.4) is 0 Å². The molecule has 0 fully saturated rings. The van der Waals surface area contributed by atoms with Crippen molar-refractivity contribution >= 4 is 31.9 Å². The van der Waals surface area contributed by atoms with E-state index < -0.39 is 0 Å². The highest BCUT2D eigenvalue weighted by molar-refractivity contribution is 9.11. The summed E-state index contributed by atoms with van der Waals surface area (Å²) in [6.07, 6.45) is 0. The number of benzene rings is 2. The highest BCUT2D eigenvalue weighted by Crippen LogP contribution is 2.41. The number of nitrogens with one attached hydrogen (secondary N) is 1. The Balaban J connectivity index is 2.52. The summed E-state index contributed by atoms with van der Waals surface area (Å²) in [5.74, 6) is 7.16. The lowest BCUT2D eigenvalue weighted by Crippen LogP contribution is -2.29. The maximum Gasteiger partial charge on any atom is 0.141 e. The van der Waals surface area contributed by atoms with Gasteiger partial charge in [0.25, 0.3) is 0 Å². The molecule has 0 aliphatic carbocycles. The first kappa shape index (κ1) is 16.3. The molecule has 0 heterocycles. The third-order valence-corrected chi connectivity index (χ3v) is 4.48. The average Bonchev–Trinajstić information content (AvgIpc) is 2.50. The number of hydrazine groups is 1. The fourth-order valence-corrected chi connectivity index (χ4v) is 3.12. The van der Waals surface area contributed by atoms with Gasteiger partial charge < -0.3 is 9.47 Å². The van der Waals surface area contributed by atoms with Crippen LogP contribution in [0.4, 0.5) is 0 Å². The molecule has 0 saturated carbocycles. The number of halogens is 2. The van der Waals surface area contributed by atoms with Crippen molar-refractivity contribution in [1.29, 1.82) is 0 Å². The first-order valence-corrected chi connectivity index (χ1v) is 7.83. The van der Waals surface area contributed by atoms with E-state index >= 15 is 0 Å². The van der Waals surface area contributed by atoms with Crippen LogP contribution in [0.25, 0.3) is 0 Å². The van der Waals surface area contributed by atoms with Crippen LogP contribution < -0.4 is 20.7 Å². The second-order valence-electron chi connectivity index (χ2n) is 4.36. The second kappa shape index (κ2) is 7.26. The minimum atomic E-state index is -0.185. The predicted molar refractivity (Wildman–Crippen MR) is 90.6 cm³/mol. The van der Waals surface area contributed by atoms with Gasteiger partial charge in [-0.1, -0.05) is 28.1 Å². The molecule has 3 N–H and O–H groups in total. The first-order valence-electron chi connectivity index (χ1n) is 6.24. The molecule has 0 aliphatic heterocycles. The monoisotopic (exact) mass is 414 g/mol. The summed E-state index contributed by atoms with van der Waals surface area (Å²) in [5, 5.41) is 0. The van der Waals surface area contributed by atoms with E-state index in [-0.39, 0.29) is 6.04 Å². The Morgan fingerprint density at radius 1 is 1.00 bits per heavy atom. The van der Waals surface area contributed by atoms with Crippen molar-refractivity contribution in [1.82, 2.24) is 5.43 Å². The van der Waals surface area contributed by atoms with E-state index in [0.717, 1.165) is 20.1 Å². The molecule has 0 bridgehead atoms. The molecule has 4 nitrogen and oxygen atoms in total. The van der Waals surface area contributed by atoms with Gasteiger partial charge in [-0.2, -0.15) is 0 Å². The molecule has 0 aromatic heterocycles. The molecule has 1 unspecified atom stereocenters. The van der Waals surface area contributed by atoms with Crippen LogP contribution in [0.5, 0.6) is 11.5 Å². The standard InChI is InChI=1S/C15H16Br2N2O2/c1-20-12-8-7-11(15(21-2)13(12)17)14(19-18)9-3-5-10(16)6-4-9/h3-8,14,19H,18H2,1-2H3. The lowest BCUT2D eigenvalue weighted by molar-refractivity contribution is 0.383. The maximum absolute atomic E-state index is 5.76. The summed E-state index contributed by atoms with van der Waals surface area (Å²) in [6, 6.07) is 11.6. The lowest BCUT2D eigenvalue weighted by atomic mass is 9.98. The van der Waals surface area contributed by atoms with Gasteiger partial charge in [-0.15, -0.1) is 0 Å². The van der Waals surface area contributed by atoms with Gasteiger partial charge in [0, 0.05) is 10.0 Å². The Morgan fingerprint density at radius 2 is 1.67 bits per heavy atom. The smallest absolute Gasteiger partial charge is 0.141 e. The molecule has 0 aliphatic rings. The Labute approximate surface area is 140 Å². The lowest BCUT2D eigenvalue weighted by Gasteiger charge is -2.21. The van der Waals surface area contributed by atoms with Crippen LogP contribution >= 0.6 is 31.9 Å². The van der Waals surface area contributed by atoms with Gasteiger partial charge >= 0.3 is 0 Å². The summed E-state index contributed by atoms with van der Waals surface area (Å²) >= 11 is 6.94. The Hall–Kier alpha value is -1.08. The molecule has 21 heavy (non-hydrogen) atoms. The van der Waals surface area contributed by atoms with Crippen molar-refractivity contribution in [2.45, 2.75) is 6.04 Å². The zero-order valence-electron chi connectivity index (χ0n) is 11.7. The second-order valence-corrected chi connectivity index (χ2v) is 6.06. The summed E-state index contributed by atoms with van der Waals surface area (Å²) in [6.45, 7) is 0. The molecule has 112 valence electrons. The van der Waals surface area contributed by atoms with Crippen LogP contribution in [0, 0.1) is 0 Å². The molecule has 2 aromatic rings. The minimum absolute atomic E-state index is 0.185. The third kappa shape index (κ3) is 3.40. The van der Waals surface area contributed by atoms with E-state index in [4.69, 9.17) is 15.3 Å². The number of methoxy groups -OCH3 is 2. The molecule has 6 heteroatoms. The SMILES string of the molecule is COc1ccc(C(NN)c2ccc(Br)cc2)c(OC)c1Br. The fourth-order valence-electron chi connectivity index (χ4n) is 2.17. The summed E-state index contributed by atoms with van der Waals surface area (Å²) in [5.41, 5.74) is 4.80. The van der Waals surface area contributed by atoms with E-state index in [2.05, 4.69) is 37.3 Å². The maximum atomic E-state index is 5.76. The van der Waals surface area contributed by atoms with Gasteiger partial charge in [0.2, 0.25) is 0 Å². The summed E-state index contributed by atoms with van der Waals surface area (Å²) in [4.78, 5) is 0. The van der Waals surface area contributed by atoms with Gasteiger partial charge in [0.15, 0.2) is 0 Å². The van der Waals surface area contributed by atoms with Gasteiger partial charge in [0.1, 0.15) is 16.0 Å². The number of ether oxygens (including phenoxy) is 2. The normalized spacial score (nSPS) is 12.0. The molecule has 0 amide bonds. The number of hydrogen-bond donors (Lipinski definition) is 2. The zero-order valence-corrected chi connectivity index (χ0v) is 14.9. The molecule has 2 rings (SSSR count). The van der Waals surface area contributed by atoms with Crippen LogP contribution in [0.15, 0.2) is 45.3 Å². The number of rotatable bonds is 5. The van der Waals surface area contributed by atoms with Gasteiger partial charge in [-0.05, 0) is 45.8 Å². The topological polar surface area (TPSA) is 56.5 Å². The molecule has 0 radical (unpaired) electrons. The van der Waals surface area contributed by atoms with Gasteiger partial charge in [-0.3, -0.25) is 5.84 Å². The first-order chi connectivity index (χ1) is 10.1. The van der Waals surface area contributed by atoms with Crippen LogP contribution in [0.2, 0.25) is 0 Å². The third-order valence-electron chi connectivity index (χ3n) is 3.20. The van der Waals surface area contributed by atoms with Crippen LogP contribution in [-0.2, 0) is 0 Å². The van der Waals surface area contributed by atoms with E-state index in [0.29, 0.717) is 11.5 Å². The van der Waals surface area contributed by atoms with Crippen molar-refractivity contribution in [2.24, 2.45) is 5.84 Å². The minimum Gasteiger partial charge on any atom is -0.495 e. The van der Waals surface area contributed by atoms with E-state index in [1.165, 1.54) is 0 Å². The van der Waals surface area contributed by atoms with Crippen molar-refractivity contribution < 1.29 is 9.47 Å². The highest BCUT2D eigenvalue weighted by Gasteiger charge is 2.21. The van der Waals surface area contributed by atoms with Crippen LogP contribution in [-0.4, -0.2) is 14.2 Å². The van der Waals surface area contributed by atoms with Crippen molar-refractivity contribution in [2.75, 3.05) is 14.2 Å². The van der Waals surface area contributed by atoms with Crippen molar-refractivity contribution in [3.8, 4) is 11.5 Å². The van der Waals surface area contributed by atoms with Gasteiger partial charge in [-0.25, -0.2) is 5.43 Å². The van der Waals surface area contributed by atoms with Gasteiger partial charge in [0.05, 0.1) is 20.3 Å². The summed E-state index contributed by atoms with van der Waals surface area (Å²) < 4.78 is 12.6. The molecule has 0 saturated heterocycles. The Bertz CT molecular complexity index is 618. The van der Waals surface area contributed by atoms with Crippen LogP contribution in [0.1, 0.15) is 17.2 Å². The van der Waals surface area contributed by atoms with E-state index in [9.17, 15) is 0 Å². The fraction of sp³-hybridized carbons (Fsp3) is 0.200. The molecule has 1 atom stereocenters. The quantitative estimate of drug-likeness (QED) is 0.576. The molecular weight excluding hydrogens is 400 g/mol. The van der Waals surface area contributed by atoms with E-state index in [1.54, 1.807) is 14.2 Å².